The highest BCUT2D eigenvalue weighted by atomic mass is 79.9. The van der Waals surface area contributed by atoms with Gasteiger partial charge in [0, 0.05) is 10.5 Å². The molecule has 0 spiro atoms. The second kappa shape index (κ2) is 3.62. The topological polar surface area (TPSA) is 77.3 Å². The van der Waals surface area contributed by atoms with Crippen molar-refractivity contribution in [2.45, 2.75) is 4.90 Å². The lowest BCUT2D eigenvalue weighted by molar-refractivity contribution is -0.388. The number of nitrogens with zero attached hydrogens (tertiary/aromatic N) is 1. The van der Waals surface area contributed by atoms with Gasteiger partial charge in [-0.15, -0.1) is 3.89 Å². The minimum atomic E-state index is -5.10. The predicted molar refractivity (Wildman–Crippen MR) is 49.1 cm³/mol. The largest absolute Gasteiger partial charge is 0.340 e. The first-order chi connectivity index (χ1) is 6.34. The third kappa shape index (κ3) is 2.07. The van der Waals surface area contributed by atoms with Crippen LogP contribution in [0, 0.1) is 10.1 Å². The van der Waals surface area contributed by atoms with E-state index in [2.05, 4.69) is 15.9 Å². The van der Waals surface area contributed by atoms with Crippen molar-refractivity contribution in [1.82, 2.24) is 0 Å². The molecule has 0 radical (unpaired) electrons. The summed E-state index contributed by atoms with van der Waals surface area (Å²) in [6.07, 6.45) is 0. The molecule has 14 heavy (non-hydrogen) atoms. The van der Waals surface area contributed by atoms with Gasteiger partial charge in [-0.2, -0.15) is 8.42 Å². The fraction of sp³-hybridized carbons (Fsp3) is 0. The van der Waals surface area contributed by atoms with E-state index in [-0.39, 0.29) is 4.47 Å². The highest BCUT2D eigenvalue weighted by Crippen LogP contribution is 2.32. The first kappa shape index (κ1) is 11.1. The maximum atomic E-state index is 12.6. The zero-order chi connectivity index (χ0) is 10.9. The summed E-state index contributed by atoms with van der Waals surface area (Å²) in [5.41, 5.74) is -0.790. The lowest BCUT2D eigenvalue weighted by Gasteiger charge is -1.99. The number of benzene rings is 1. The second-order valence-electron chi connectivity index (χ2n) is 2.28. The van der Waals surface area contributed by atoms with Crippen molar-refractivity contribution >= 4 is 31.8 Å². The summed E-state index contributed by atoms with van der Waals surface area (Å²) in [5.74, 6) is 0. The molecule has 0 aliphatic rings. The lowest BCUT2D eigenvalue weighted by atomic mass is 10.3. The van der Waals surface area contributed by atoms with E-state index >= 15 is 0 Å². The number of rotatable bonds is 2. The smallest absolute Gasteiger partial charge is 0.258 e. The Bertz CT molecular complexity index is 487. The summed E-state index contributed by atoms with van der Waals surface area (Å²) in [6.45, 7) is 0. The first-order valence-corrected chi connectivity index (χ1v) is 5.39. The molecule has 0 atom stereocenters. The van der Waals surface area contributed by atoms with Crippen LogP contribution in [0.1, 0.15) is 0 Å². The van der Waals surface area contributed by atoms with Gasteiger partial charge in [0.05, 0.1) is 4.92 Å². The average Bonchev–Trinajstić information content (AvgIpc) is 2.01. The molecule has 8 heteroatoms. The molecule has 1 rings (SSSR count). The number of hydrogen-bond acceptors (Lipinski definition) is 4. The van der Waals surface area contributed by atoms with Gasteiger partial charge in [-0.05, 0) is 22.0 Å². The van der Waals surface area contributed by atoms with Crippen molar-refractivity contribution in [3.63, 3.8) is 0 Å². The molecule has 76 valence electrons. The number of hydrogen-bond donors (Lipinski definition) is 0. The van der Waals surface area contributed by atoms with Gasteiger partial charge in [-0.1, -0.05) is 6.07 Å². The van der Waals surface area contributed by atoms with Crippen LogP contribution in [0.5, 0.6) is 0 Å². The third-order valence-electron chi connectivity index (χ3n) is 1.39. The Labute approximate surface area is 87.0 Å². The average molecular weight is 284 g/mol. The van der Waals surface area contributed by atoms with E-state index in [1.54, 1.807) is 0 Å². The molecular weight excluding hydrogens is 281 g/mol. The van der Waals surface area contributed by atoms with Gasteiger partial charge < -0.3 is 0 Å². The number of nitro groups is 1. The molecule has 0 aromatic heterocycles. The summed E-state index contributed by atoms with van der Waals surface area (Å²) >= 11 is 2.73. The van der Waals surface area contributed by atoms with Gasteiger partial charge in [0.1, 0.15) is 0 Å². The Balaban J connectivity index is 3.62. The van der Waals surface area contributed by atoms with Gasteiger partial charge in [0.15, 0.2) is 4.90 Å². The van der Waals surface area contributed by atoms with E-state index in [0.29, 0.717) is 0 Å². The van der Waals surface area contributed by atoms with Crippen LogP contribution in [0.25, 0.3) is 0 Å². The van der Waals surface area contributed by atoms with Crippen LogP contribution in [-0.4, -0.2) is 13.3 Å². The monoisotopic (exact) mass is 283 g/mol. The summed E-state index contributed by atoms with van der Waals surface area (Å²) in [5, 5.41) is 10.4. The minimum Gasteiger partial charge on any atom is -0.258 e. The number of halogens is 2. The van der Waals surface area contributed by atoms with Crippen LogP contribution >= 0.6 is 15.9 Å². The van der Waals surface area contributed by atoms with Crippen LogP contribution in [-0.2, 0) is 10.2 Å². The lowest BCUT2D eigenvalue weighted by Crippen LogP contribution is -2.00. The Morgan fingerprint density at radius 3 is 2.36 bits per heavy atom. The molecule has 0 unspecified atom stereocenters. The van der Waals surface area contributed by atoms with Gasteiger partial charge in [0.2, 0.25) is 0 Å². The summed E-state index contributed by atoms with van der Waals surface area (Å²) < 4.78 is 33.6. The minimum absolute atomic E-state index is 0.172. The molecule has 0 amide bonds. The maximum absolute atomic E-state index is 12.6. The van der Waals surface area contributed by atoms with E-state index in [9.17, 15) is 22.4 Å². The summed E-state index contributed by atoms with van der Waals surface area (Å²) in [6, 6.07) is 3.37. The van der Waals surface area contributed by atoms with Crippen molar-refractivity contribution in [2.75, 3.05) is 0 Å². The van der Waals surface area contributed by atoms with Crippen LogP contribution in [0.15, 0.2) is 27.6 Å². The standard InChI is InChI=1S/C6H3BrFNO4S/c7-4-2-1-3-5(9(10)11)6(4)14(8,12)13/h1-3H. The molecule has 0 N–H and O–H groups in total. The van der Waals surface area contributed by atoms with Gasteiger partial charge in [-0.3, -0.25) is 10.1 Å². The van der Waals surface area contributed by atoms with Gasteiger partial charge in [0.25, 0.3) is 5.69 Å². The molecule has 5 nitrogen and oxygen atoms in total. The second-order valence-corrected chi connectivity index (χ2v) is 4.42. The molecule has 0 saturated carbocycles. The van der Waals surface area contributed by atoms with Crippen molar-refractivity contribution < 1.29 is 17.2 Å². The van der Waals surface area contributed by atoms with Crippen LogP contribution in [0.3, 0.4) is 0 Å². The van der Waals surface area contributed by atoms with E-state index in [1.807, 2.05) is 0 Å². The van der Waals surface area contributed by atoms with E-state index in [4.69, 9.17) is 0 Å². The normalized spacial score (nSPS) is 11.3. The molecular formula is C6H3BrFNO4S. The van der Waals surface area contributed by atoms with Crippen molar-refractivity contribution in [1.29, 1.82) is 0 Å². The first-order valence-electron chi connectivity index (χ1n) is 3.21. The number of nitro benzene ring substituents is 1. The third-order valence-corrected chi connectivity index (χ3v) is 3.23. The molecule has 1 aromatic carbocycles. The van der Waals surface area contributed by atoms with E-state index in [0.717, 1.165) is 6.07 Å². The zero-order valence-electron chi connectivity index (χ0n) is 6.48. The zero-order valence-corrected chi connectivity index (χ0v) is 8.88. The highest BCUT2D eigenvalue weighted by molar-refractivity contribution is 9.10. The molecule has 0 heterocycles. The van der Waals surface area contributed by atoms with E-state index in [1.165, 1.54) is 12.1 Å². The Hall–Kier alpha value is -1.02. The SMILES string of the molecule is O=[N+]([O-])c1cccc(Br)c1S(=O)(=O)F. The van der Waals surface area contributed by atoms with Crippen molar-refractivity contribution in [3.8, 4) is 0 Å². The van der Waals surface area contributed by atoms with E-state index < -0.39 is 25.7 Å². The maximum Gasteiger partial charge on any atom is 0.340 e. The fourth-order valence-electron chi connectivity index (χ4n) is 0.883. The van der Waals surface area contributed by atoms with Crippen molar-refractivity contribution in [2.24, 2.45) is 0 Å². The molecule has 1 aromatic rings. The van der Waals surface area contributed by atoms with Crippen LogP contribution < -0.4 is 0 Å². The van der Waals surface area contributed by atoms with Crippen LogP contribution in [0.2, 0.25) is 0 Å². The Morgan fingerprint density at radius 2 is 2.00 bits per heavy atom. The Morgan fingerprint density at radius 1 is 1.43 bits per heavy atom. The molecule has 0 saturated heterocycles. The molecule has 0 aliphatic carbocycles. The quantitative estimate of drug-likeness (QED) is 0.473. The van der Waals surface area contributed by atoms with Crippen molar-refractivity contribution in [3.05, 3.63) is 32.8 Å². The fourth-order valence-corrected chi connectivity index (χ4v) is 2.51. The Kier molecular flexibility index (Phi) is 2.86. The summed E-state index contributed by atoms with van der Waals surface area (Å²) in [7, 11) is -5.10. The molecule has 0 aliphatic heterocycles. The molecule has 0 fully saturated rings. The van der Waals surface area contributed by atoms with Crippen LogP contribution in [0.4, 0.5) is 9.57 Å². The molecule has 0 bridgehead atoms. The summed E-state index contributed by atoms with van der Waals surface area (Å²) in [4.78, 5) is 8.46. The van der Waals surface area contributed by atoms with Gasteiger partial charge in [-0.25, -0.2) is 0 Å². The van der Waals surface area contributed by atoms with Gasteiger partial charge >= 0.3 is 10.2 Å². The highest BCUT2D eigenvalue weighted by Gasteiger charge is 2.27. The predicted octanol–water partition coefficient (Wildman–Crippen LogP) is 2.02.